The molecular weight excluding hydrogens is 223 g/mol. The van der Waals surface area contributed by atoms with Crippen molar-refractivity contribution in [1.29, 1.82) is 0 Å². The molecule has 1 unspecified atom stereocenters. The Morgan fingerprint density at radius 2 is 2.00 bits per heavy atom. The first-order chi connectivity index (χ1) is 5.29. The SMILES string of the molecule is C[C-]1c2ccccc2NC1C.[Y]. The predicted molar refractivity (Wildman–Crippen MR) is 47.5 cm³/mol. The molecule has 2 rings (SSSR count). The molecular formula is C10H12NY-. The molecule has 1 aliphatic rings. The Bertz CT molecular complexity index is 272. The summed E-state index contributed by atoms with van der Waals surface area (Å²) in [6.07, 6.45) is 0. The first-order valence-electron chi connectivity index (χ1n) is 3.98. The van der Waals surface area contributed by atoms with Gasteiger partial charge in [-0.15, -0.1) is 6.07 Å². The fourth-order valence-corrected chi connectivity index (χ4v) is 1.53. The fourth-order valence-electron chi connectivity index (χ4n) is 1.53. The van der Waals surface area contributed by atoms with Crippen molar-refractivity contribution in [3.05, 3.63) is 35.7 Å². The Labute approximate surface area is 98.8 Å². The van der Waals surface area contributed by atoms with Crippen LogP contribution in [-0.2, 0) is 32.7 Å². The molecule has 1 aliphatic heterocycles. The van der Waals surface area contributed by atoms with Gasteiger partial charge in [-0.05, 0) is 6.04 Å². The van der Waals surface area contributed by atoms with E-state index < -0.39 is 0 Å². The maximum absolute atomic E-state index is 3.41. The van der Waals surface area contributed by atoms with Crippen LogP contribution in [-0.4, -0.2) is 6.04 Å². The van der Waals surface area contributed by atoms with Gasteiger partial charge in [0.2, 0.25) is 0 Å². The van der Waals surface area contributed by atoms with Gasteiger partial charge in [0.15, 0.2) is 0 Å². The number of nitrogens with one attached hydrogen (secondary N) is 1. The van der Waals surface area contributed by atoms with E-state index in [0.717, 1.165) is 0 Å². The standard InChI is InChI=1S/C10H12N.Y/c1-7-8(2)11-10-6-4-3-5-9(7)10;/h3-6,8,11H,1-2H3;/q-1;. The van der Waals surface area contributed by atoms with Crippen LogP contribution in [0.5, 0.6) is 0 Å². The molecule has 0 saturated heterocycles. The van der Waals surface area contributed by atoms with Gasteiger partial charge < -0.3 is 5.32 Å². The first kappa shape index (κ1) is 10.1. The van der Waals surface area contributed by atoms with Crippen LogP contribution in [0, 0.1) is 5.92 Å². The molecule has 1 radical (unpaired) electrons. The minimum Gasteiger partial charge on any atom is -0.440 e. The Hall–Kier alpha value is -0.00610. The van der Waals surface area contributed by atoms with Crippen LogP contribution in [0.1, 0.15) is 19.4 Å². The van der Waals surface area contributed by atoms with Crippen molar-refractivity contribution in [2.45, 2.75) is 19.9 Å². The van der Waals surface area contributed by atoms with E-state index in [1.54, 1.807) is 0 Å². The van der Waals surface area contributed by atoms with Gasteiger partial charge in [0.25, 0.3) is 0 Å². The second-order valence-electron chi connectivity index (χ2n) is 3.09. The van der Waals surface area contributed by atoms with Crippen molar-refractivity contribution in [3.63, 3.8) is 0 Å². The quantitative estimate of drug-likeness (QED) is 0.681. The van der Waals surface area contributed by atoms with E-state index in [9.17, 15) is 0 Å². The number of fused-ring (bicyclic) bond motifs is 1. The van der Waals surface area contributed by atoms with Crippen LogP contribution < -0.4 is 5.32 Å². The van der Waals surface area contributed by atoms with Crippen LogP contribution in [0.3, 0.4) is 0 Å². The average molecular weight is 235 g/mol. The summed E-state index contributed by atoms with van der Waals surface area (Å²) in [5.74, 6) is 1.44. The smallest absolute Gasteiger partial charge is 0 e. The summed E-state index contributed by atoms with van der Waals surface area (Å²) in [5.41, 5.74) is 2.65. The molecule has 1 nitrogen and oxygen atoms in total. The number of hydrogen-bond acceptors (Lipinski definition) is 1. The molecule has 0 aromatic heterocycles. The van der Waals surface area contributed by atoms with E-state index in [2.05, 4.69) is 43.4 Å². The Morgan fingerprint density at radius 1 is 1.33 bits per heavy atom. The summed E-state index contributed by atoms with van der Waals surface area (Å²) < 4.78 is 0. The number of benzene rings is 1. The van der Waals surface area contributed by atoms with Gasteiger partial charge in [-0.3, -0.25) is 0 Å². The first-order valence-corrected chi connectivity index (χ1v) is 3.98. The Kier molecular flexibility index (Phi) is 3.19. The van der Waals surface area contributed by atoms with Crippen LogP contribution in [0.25, 0.3) is 0 Å². The predicted octanol–water partition coefficient (Wildman–Crippen LogP) is 2.44. The summed E-state index contributed by atoms with van der Waals surface area (Å²) in [6.45, 7) is 4.37. The molecule has 1 N–H and O–H groups in total. The molecule has 0 saturated carbocycles. The molecule has 0 aliphatic carbocycles. The number of anilines is 1. The molecule has 1 heterocycles. The summed E-state index contributed by atoms with van der Waals surface area (Å²) in [5, 5.41) is 3.41. The van der Waals surface area contributed by atoms with Gasteiger partial charge in [-0.2, -0.15) is 17.5 Å². The van der Waals surface area contributed by atoms with Crippen LogP contribution >= 0.6 is 0 Å². The van der Waals surface area contributed by atoms with Crippen molar-refractivity contribution in [2.24, 2.45) is 0 Å². The molecule has 12 heavy (non-hydrogen) atoms. The van der Waals surface area contributed by atoms with Crippen molar-refractivity contribution in [1.82, 2.24) is 0 Å². The third-order valence-electron chi connectivity index (χ3n) is 2.37. The van der Waals surface area contributed by atoms with Crippen LogP contribution in [0.15, 0.2) is 24.3 Å². The summed E-state index contributed by atoms with van der Waals surface area (Å²) in [4.78, 5) is 0. The molecule has 1 aromatic carbocycles. The van der Waals surface area contributed by atoms with Crippen molar-refractivity contribution >= 4 is 5.69 Å². The minimum atomic E-state index is 0. The molecule has 61 valence electrons. The van der Waals surface area contributed by atoms with Crippen molar-refractivity contribution in [2.75, 3.05) is 5.32 Å². The minimum absolute atomic E-state index is 0. The van der Waals surface area contributed by atoms with Gasteiger partial charge >= 0.3 is 0 Å². The van der Waals surface area contributed by atoms with Crippen molar-refractivity contribution in [3.8, 4) is 0 Å². The Balaban J connectivity index is 0.000000720. The second-order valence-corrected chi connectivity index (χ2v) is 3.09. The summed E-state index contributed by atoms with van der Waals surface area (Å²) in [7, 11) is 0. The number of para-hydroxylation sites is 1. The van der Waals surface area contributed by atoms with Crippen molar-refractivity contribution < 1.29 is 32.7 Å². The van der Waals surface area contributed by atoms with Crippen LogP contribution in [0.2, 0.25) is 0 Å². The number of hydrogen-bond donors (Lipinski definition) is 1. The van der Waals surface area contributed by atoms with E-state index in [4.69, 9.17) is 0 Å². The van der Waals surface area contributed by atoms with Gasteiger partial charge in [-0.1, -0.05) is 31.7 Å². The topological polar surface area (TPSA) is 12.0 Å². The molecule has 2 heteroatoms. The summed E-state index contributed by atoms with van der Waals surface area (Å²) >= 11 is 0. The normalized spacial score (nSPS) is 19.5. The maximum atomic E-state index is 3.41. The third-order valence-corrected chi connectivity index (χ3v) is 2.37. The van der Waals surface area contributed by atoms with Gasteiger partial charge in [0.1, 0.15) is 0 Å². The number of rotatable bonds is 0. The molecule has 0 spiro atoms. The van der Waals surface area contributed by atoms with Gasteiger partial charge in [0.05, 0.1) is 0 Å². The summed E-state index contributed by atoms with van der Waals surface area (Å²) in [6, 6.07) is 8.95. The van der Waals surface area contributed by atoms with E-state index >= 15 is 0 Å². The maximum Gasteiger partial charge on any atom is 0 e. The van der Waals surface area contributed by atoms with Crippen LogP contribution in [0.4, 0.5) is 5.69 Å². The molecule has 1 aromatic rings. The fraction of sp³-hybridized carbons (Fsp3) is 0.300. The van der Waals surface area contributed by atoms with E-state index in [1.807, 2.05) is 0 Å². The largest absolute Gasteiger partial charge is 0.440 e. The zero-order valence-electron chi connectivity index (χ0n) is 7.46. The molecule has 0 fully saturated rings. The van der Waals surface area contributed by atoms with E-state index in [0.29, 0.717) is 6.04 Å². The molecule has 0 bridgehead atoms. The second kappa shape index (κ2) is 3.80. The van der Waals surface area contributed by atoms with Gasteiger partial charge in [0, 0.05) is 32.7 Å². The van der Waals surface area contributed by atoms with E-state index in [-0.39, 0.29) is 32.7 Å². The molecule has 0 amide bonds. The third kappa shape index (κ3) is 1.53. The molecule has 1 atom stereocenters. The zero-order chi connectivity index (χ0) is 7.84. The average Bonchev–Trinajstić information content (AvgIpc) is 2.30. The van der Waals surface area contributed by atoms with E-state index in [1.165, 1.54) is 17.2 Å². The van der Waals surface area contributed by atoms with Gasteiger partial charge in [-0.25, -0.2) is 0 Å². The monoisotopic (exact) mass is 235 g/mol. The Morgan fingerprint density at radius 3 is 2.67 bits per heavy atom. The zero-order valence-corrected chi connectivity index (χ0v) is 10.3.